The molecule has 4 aliphatic rings. The third kappa shape index (κ3) is 3.03. The molecule has 2 aliphatic carbocycles. The SMILES string of the molecule is C[C@]12CCC3C(CC[C@H]4NC(=O)CC[C@]34C)C1CC[C@@H](n1cnc3c(Cl)nc(Cl)nc31)O2. The molecular formula is C23H29Cl2N5O2. The highest BCUT2D eigenvalue weighted by atomic mass is 35.5. The second kappa shape index (κ2) is 7.28. The average molecular weight is 478 g/mol. The van der Waals surface area contributed by atoms with Gasteiger partial charge in [-0.15, -0.1) is 0 Å². The number of aromatic nitrogens is 4. The fraction of sp³-hybridized carbons (Fsp3) is 0.739. The maximum absolute atomic E-state index is 12.0. The maximum atomic E-state index is 12.0. The zero-order valence-corrected chi connectivity index (χ0v) is 20.0. The van der Waals surface area contributed by atoms with Crippen LogP contribution in [-0.2, 0) is 9.53 Å². The Labute approximate surface area is 197 Å². The molecule has 172 valence electrons. The number of imidazole rings is 1. The van der Waals surface area contributed by atoms with Crippen molar-refractivity contribution in [3.63, 3.8) is 0 Å². The lowest BCUT2D eigenvalue weighted by Crippen LogP contribution is -2.63. The number of carbonyl (C=O) groups excluding carboxylic acids is 1. The highest BCUT2D eigenvalue weighted by Gasteiger charge is 2.59. The Morgan fingerprint density at radius 2 is 1.94 bits per heavy atom. The first-order chi connectivity index (χ1) is 15.3. The number of halogens is 2. The summed E-state index contributed by atoms with van der Waals surface area (Å²) in [5.41, 5.74) is 1.21. The summed E-state index contributed by atoms with van der Waals surface area (Å²) >= 11 is 12.3. The van der Waals surface area contributed by atoms with Crippen LogP contribution in [0.1, 0.15) is 71.4 Å². The van der Waals surface area contributed by atoms with E-state index in [1.165, 1.54) is 6.42 Å². The number of nitrogens with zero attached hydrogens (tertiary/aromatic N) is 4. The van der Waals surface area contributed by atoms with Crippen molar-refractivity contribution < 1.29 is 9.53 Å². The minimum absolute atomic E-state index is 0.120. The van der Waals surface area contributed by atoms with Crippen molar-refractivity contribution in [3.8, 4) is 0 Å². The summed E-state index contributed by atoms with van der Waals surface area (Å²) in [6.07, 6.45) is 9.75. The quantitative estimate of drug-likeness (QED) is 0.465. The van der Waals surface area contributed by atoms with Gasteiger partial charge in [0, 0.05) is 12.5 Å². The van der Waals surface area contributed by atoms with Crippen LogP contribution in [0.5, 0.6) is 0 Å². The Bertz CT molecular complexity index is 1090. The van der Waals surface area contributed by atoms with Crippen molar-refractivity contribution in [1.82, 2.24) is 24.8 Å². The van der Waals surface area contributed by atoms with Crippen LogP contribution in [0.25, 0.3) is 11.2 Å². The Morgan fingerprint density at radius 1 is 1.09 bits per heavy atom. The van der Waals surface area contributed by atoms with Crippen LogP contribution in [0.15, 0.2) is 6.33 Å². The van der Waals surface area contributed by atoms with Gasteiger partial charge in [-0.3, -0.25) is 9.36 Å². The molecule has 1 amide bonds. The molecule has 0 aromatic carbocycles. The molecule has 2 saturated carbocycles. The smallest absolute Gasteiger partial charge is 0.225 e. The highest BCUT2D eigenvalue weighted by Crippen LogP contribution is 2.61. The van der Waals surface area contributed by atoms with E-state index in [1.54, 1.807) is 6.33 Å². The Kier molecular flexibility index (Phi) is 4.80. The Hall–Kier alpha value is -1.44. The van der Waals surface area contributed by atoms with Gasteiger partial charge in [0.2, 0.25) is 11.2 Å². The summed E-state index contributed by atoms with van der Waals surface area (Å²) in [6.45, 7) is 4.72. The second-order valence-electron chi connectivity index (χ2n) is 10.7. The van der Waals surface area contributed by atoms with Gasteiger partial charge < -0.3 is 10.1 Å². The highest BCUT2D eigenvalue weighted by molar-refractivity contribution is 6.35. The number of rotatable bonds is 1. The zero-order chi connectivity index (χ0) is 22.3. The molecule has 1 N–H and O–H groups in total. The lowest BCUT2D eigenvalue weighted by Gasteiger charge is -2.62. The molecule has 7 atom stereocenters. The second-order valence-corrected chi connectivity index (χ2v) is 11.4. The van der Waals surface area contributed by atoms with Gasteiger partial charge in [0.05, 0.1) is 11.9 Å². The summed E-state index contributed by atoms with van der Waals surface area (Å²) in [4.78, 5) is 24.8. The number of hydrogen-bond donors (Lipinski definition) is 1. The number of fused-ring (bicyclic) bond motifs is 6. The Morgan fingerprint density at radius 3 is 2.78 bits per heavy atom. The van der Waals surface area contributed by atoms with E-state index in [-0.39, 0.29) is 33.6 Å². The van der Waals surface area contributed by atoms with Gasteiger partial charge in [-0.05, 0) is 86.6 Å². The predicted octanol–water partition coefficient (Wildman–Crippen LogP) is 4.92. The van der Waals surface area contributed by atoms with Gasteiger partial charge in [0.25, 0.3) is 0 Å². The Balaban J connectivity index is 1.27. The van der Waals surface area contributed by atoms with Crippen molar-refractivity contribution >= 4 is 40.3 Å². The van der Waals surface area contributed by atoms with Crippen molar-refractivity contribution in [3.05, 3.63) is 16.8 Å². The van der Waals surface area contributed by atoms with Crippen molar-refractivity contribution in [1.29, 1.82) is 0 Å². The van der Waals surface area contributed by atoms with Gasteiger partial charge in [-0.1, -0.05) is 18.5 Å². The molecule has 0 spiro atoms. The fourth-order valence-electron chi connectivity index (χ4n) is 7.61. The number of amides is 1. The summed E-state index contributed by atoms with van der Waals surface area (Å²) in [5, 5.41) is 3.70. The maximum Gasteiger partial charge on any atom is 0.225 e. The topological polar surface area (TPSA) is 81.9 Å². The largest absolute Gasteiger partial charge is 0.353 e. The number of nitrogens with one attached hydrogen (secondary N) is 1. The average Bonchev–Trinajstić information content (AvgIpc) is 3.17. The van der Waals surface area contributed by atoms with Gasteiger partial charge in [-0.2, -0.15) is 4.98 Å². The predicted molar refractivity (Wildman–Crippen MR) is 121 cm³/mol. The standard InChI is InChI=1S/C23H29Cl2N5O2/c1-22-9-8-16(31)27-15(22)5-3-12-13(22)7-10-23(2)14(12)4-6-17(32-23)30-11-26-18-19(24)28-21(25)29-20(18)30/h11-15,17H,3-10H2,1-2H3,(H,27,31)/t12?,13?,14?,15-,17+,22-,23+/m1/s1. The molecule has 6 rings (SSSR count). The van der Waals surface area contributed by atoms with Crippen LogP contribution in [0.3, 0.4) is 0 Å². The first-order valence-corrected chi connectivity index (χ1v) is 12.6. The van der Waals surface area contributed by atoms with E-state index in [9.17, 15) is 4.79 Å². The van der Waals surface area contributed by atoms with Gasteiger partial charge in [-0.25, -0.2) is 9.97 Å². The molecule has 4 heterocycles. The molecule has 3 unspecified atom stereocenters. The lowest BCUT2D eigenvalue weighted by molar-refractivity contribution is -0.231. The van der Waals surface area contributed by atoms with E-state index in [0.29, 0.717) is 41.4 Å². The summed E-state index contributed by atoms with van der Waals surface area (Å²) in [5.74, 6) is 2.06. The van der Waals surface area contributed by atoms with Crippen LogP contribution in [0.4, 0.5) is 0 Å². The van der Waals surface area contributed by atoms with Crippen LogP contribution in [0.2, 0.25) is 10.4 Å². The first-order valence-electron chi connectivity index (χ1n) is 11.8. The van der Waals surface area contributed by atoms with E-state index in [2.05, 4.69) is 34.1 Å². The molecule has 4 fully saturated rings. The molecular weight excluding hydrogens is 449 g/mol. The normalized spacial score (nSPS) is 41.5. The molecule has 2 saturated heterocycles. The monoisotopic (exact) mass is 477 g/mol. The molecule has 7 nitrogen and oxygen atoms in total. The zero-order valence-electron chi connectivity index (χ0n) is 18.5. The summed E-state index contributed by atoms with van der Waals surface area (Å²) < 4.78 is 8.82. The number of piperidine rings is 1. The van der Waals surface area contributed by atoms with E-state index >= 15 is 0 Å². The number of hydrogen-bond acceptors (Lipinski definition) is 5. The van der Waals surface area contributed by atoms with Crippen LogP contribution >= 0.6 is 23.2 Å². The van der Waals surface area contributed by atoms with Gasteiger partial charge in [0.15, 0.2) is 10.8 Å². The molecule has 2 aromatic rings. The number of ether oxygens (including phenoxy) is 1. The van der Waals surface area contributed by atoms with Crippen LogP contribution in [-0.4, -0.2) is 37.1 Å². The van der Waals surface area contributed by atoms with Crippen LogP contribution < -0.4 is 5.32 Å². The minimum atomic E-state index is -0.178. The molecule has 0 radical (unpaired) electrons. The molecule has 9 heteroatoms. The minimum Gasteiger partial charge on any atom is -0.353 e. The van der Waals surface area contributed by atoms with Crippen molar-refractivity contribution in [2.45, 2.75) is 83.1 Å². The van der Waals surface area contributed by atoms with Gasteiger partial charge >= 0.3 is 0 Å². The molecule has 2 aromatic heterocycles. The summed E-state index contributed by atoms with van der Waals surface area (Å²) in [7, 11) is 0. The fourth-order valence-corrected chi connectivity index (χ4v) is 8.03. The van der Waals surface area contributed by atoms with Crippen molar-refractivity contribution in [2.75, 3.05) is 0 Å². The van der Waals surface area contributed by atoms with E-state index in [4.69, 9.17) is 27.9 Å². The van der Waals surface area contributed by atoms with E-state index in [0.717, 1.165) is 38.5 Å². The van der Waals surface area contributed by atoms with E-state index < -0.39 is 0 Å². The van der Waals surface area contributed by atoms with E-state index in [1.807, 2.05) is 4.57 Å². The third-order valence-electron chi connectivity index (χ3n) is 9.22. The lowest BCUT2D eigenvalue weighted by atomic mass is 9.48. The summed E-state index contributed by atoms with van der Waals surface area (Å²) in [6, 6.07) is 0.332. The van der Waals surface area contributed by atoms with Crippen molar-refractivity contribution in [2.24, 2.45) is 23.2 Å². The van der Waals surface area contributed by atoms with Crippen LogP contribution in [0, 0.1) is 23.2 Å². The first kappa shape index (κ1) is 21.1. The molecule has 0 bridgehead atoms. The third-order valence-corrected chi connectivity index (χ3v) is 9.65. The molecule has 32 heavy (non-hydrogen) atoms. The number of carbonyl (C=O) groups is 1. The van der Waals surface area contributed by atoms with Gasteiger partial charge in [0.1, 0.15) is 11.7 Å². The molecule has 2 aliphatic heterocycles.